The van der Waals surface area contributed by atoms with E-state index >= 15 is 0 Å². The molecule has 0 saturated carbocycles. The standard InChI is InChI=1S/C11H7Cl2N3O2S/c12-6-1-7-9(17)5(3-15-16-11(14)19)4-18-10(7)8(13)2-6/h1-4H,(H3,14,16,19)/b15-3-. The fraction of sp³-hybridized carbons (Fsp3) is 0. The van der Waals surface area contributed by atoms with Gasteiger partial charge in [0.15, 0.2) is 10.7 Å². The zero-order chi connectivity index (χ0) is 14.0. The summed E-state index contributed by atoms with van der Waals surface area (Å²) in [6.45, 7) is 0. The van der Waals surface area contributed by atoms with E-state index in [-0.39, 0.29) is 32.1 Å². The minimum absolute atomic E-state index is 0.00693. The largest absolute Gasteiger partial charge is 0.462 e. The van der Waals surface area contributed by atoms with Crippen molar-refractivity contribution < 1.29 is 4.42 Å². The van der Waals surface area contributed by atoms with Gasteiger partial charge in [0.25, 0.3) is 0 Å². The van der Waals surface area contributed by atoms with Crippen LogP contribution in [-0.2, 0) is 0 Å². The predicted molar refractivity (Wildman–Crippen MR) is 80.0 cm³/mol. The van der Waals surface area contributed by atoms with Crippen LogP contribution in [-0.4, -0.2) is 11.3 Å². The van der Waals surface area contributed by atoms with Crippen LogP contribution in [0.3, 0.4) is 0 Å². The van der Waals surface area contributed by atoms with Crippen molar-refractivity contribution >= 4 is 57.7 Å². The van der Waals surface area contributed by atoms with Gasteiger partial charge in [-0.3, -0.25) is 10.2 Å². The molecule has 3 N–H and O–H groups in total. The van der Waals surface area contributed by atoms with Crippen LogP contribution in [0.4, 0.5) is 0 Å². The van der Waals surface area contributed by atoms with E-state index in [4.69, 9.17) is 33.4 Å². The van der Waals surface area contributed by atoms with Crippen molar-refractivity contribution in [3.8, 4) is 0 Å². The highest BCUT2D eigenvalue weighted by Crippen LogP contribution is 2.25. The number of hydrazone groups is 1. The molecular weight excluding hydrogens is 309 g/mol. The maximum Gasteiger partial charge on any atom is 0.201 e. The lowest BCUT2D eigenvalue weighted by Gasteiger charge is -2.01. The number of halogens is 2. The smallest absolute Gasteiger partial charge is 0.201 e. The second-order valence-electron chi connectivity index (χ2n) is 3.52. The molecule has 8 heteroatoms. The lowest BCUT2D eigenvalue weighted by molar-refractivity contribution is 0.601. The summed E-state index contributed by atoms with van der Waals surface area (Å²) in [7, 11) is 0. The molecule has 0 atom stereocenters. The van der Waals surface area contributed by atoms with Crippen molar-refractivity contribution in [1.29, 1.82) is 0 Å². The van der Waals surface area contributed by atoms with Crippen molar-refractivity contribution in [2.45, 2.75) is 0 Å². The van der Waals surface area contributed by atoms with Gasteiger partial charge in [0.1, 0.15) is 6.26 Å². The minimum atomic E-state index is -0.306. The normalized spacial score (nSPS) is 11.1. The first-order valence-electron chi connectivity index (χ1n) is 4.98. The van der Waals surface area contributed by atoms with Crippen LogP contribution in [0.15, 0.2) is 32.7 Å². The summed E-state index contributed by atoms with van der Waals surface area (Å²) in [5.41, 5.74) is 7.72. The van der Waals surface area contributed by atoms with Gasteiger partial charge in [-0.15, -0.1) is 0 Å². The predicted octanol–water partition coefficient (Wildman–Crippen LogP) is 2.27. The van der Waals surface area contributed by atoms with E-state index in [1.54, 1.807) is 0 Å². The van der Waals surface area contributed by atoms with Gasteiger partial charge in [0.2, 0.25) is 5.43 Å². The molecule has 0 fully saturated rings. The lowest BCUT2D eigenvalue weighted by Crippen LogP contribution is -2.24. The van der Waals surface area contributed by atoms with Crippen LogP contribution in [0, 0.1) is 0 Å². The van der Waals surface area contributed by atoms with E-state index in [0.29, 0.717) is 5.02 Å². The van der Waals surface area contributed by atoms with Gasteiger partial charge >= 0.3 is 0 Å². The Morgan fingerprint density at radius 1 is 1.47 bits per heavy atom. The number of nitrogens with two attached hydrogens (primary N) is 1. The second kappa shape index (κ2) is 5.56. The Morgan fingerprint density at radius 3 is 2.89 bits per heavy atom. The van der Waals surface area contributed by atoms with Crippen LogP contribution in [0.1, 0.15) is 5.56 Å². The van der Waals surface area contributed by atoms with E-state index in [2.05, 4.69) is 22.7 Å². The Labute approximate surface area is 123 Å². The first-order chi connectivity index (χ1) is 8.99. The molecule has 0 spiro atoms. The van der Waals surface area contributed by atoms with Crippen LogP contribution >= 0.6 is 35.4 Å². The topological polar surface area (TPSA) is 80.6 Å². The molecule has 0 aliphatic rings. The quantitative estimate of drug-likeness (QED) is 0.505. The number of nitrogens with one attached hydrogen (secondary N) is 1. The van der Waals surface area contributed by atoms with Gasteiger partial charge in [-0.2, -0.15) is 5.10 Å². The Morgan fingerprint density at radius 2 is 2.21 bits per heavy atom. The number of thiocarbonyl (C=S) groups is 1. The van der Waals surface area contributed by atoms with Gasteiger partial charge in [0.05, 0.1) is 22.2 Å². The van der Waals surface area contributed by atoms with E-state index < -0.39 is 0 Å². The maximum absolute atomic E-state index is 12.1. The molecule has 0 bridgehead atoms. The maximum atomic E-state index is 12.1. The fourth-order valence-electron chi connectivity index (χ4n) is 1.43. The molecule has 0 aliphatic carbocycles. The molecule has 98 valence electrons. The third-order valence-corrected chi connectivity index (χ3v) is 2.79. The van der Waals surface area contributed by atoms with Gasteiger partial charge in [-0.05, 0) is 24.4 Å². The average molecular weight is 316 g/mol. The summed E-state index contributed by atoms with van der Waals surface area (Å²) in [6.07, 6.45) is 2.49. The van der Waals surface area contributed by atoms with Gasteiger partial charge in [-0.1, -0.05) is 23.2 Å². The summed E-state index contributed by atoms with van der Waals surface area (Å²) in [4.78, 5) is 12.1. The van der Waals surface area contributed by atoms with Crippen molar-refractivity contribution in [2.75, 3.05) is 0 Å². The summed E-state index contributed by atoms with van der Waals surface area (Å²) >= 11 is 16.4. The molecular formula is C11H7Cl2N3O2S. The minimum Gasteiger partial charge on any atom is -0.462 e. The summed E-state index contributed by atoms with van der Waals surface area (Å²) in [6, 6.07) is 2.98. The third-order valence-electron chi connectivity index (χ3n) is 2.20. The number of hydrogen-bond acceptors (Lipinski definition) is 4. The summed E-state index contributed by atoms with van der Waals surface area (Å²) < 4.78 is 5.29. The van der Waals surface area contributed by atoms with Crippen molar-refractivity contribution in [1.82, 2.24) is 5.43 Å². The Balaban J connectivity index is 2.55. The Kier molecular flexibility index (Phi) is 4.04. The van der Waals surface area contributed by atoms with E-state index in [0.717, 1.165) is 0 Å². The highest BCUT2D eigenvalue weighted by Gasteiger charge is 2.10. The number of nitrogens with zero attached hydrogens (tertiary/aromatic N) is 1. The molecule has 0 unspecified atom stereocenters. The monoisotopic (exact) mass is 315 g/mol. The van der Waals surface area contributed by atoms with E-state index in [1.807, 2.05) is 0 Å². The summed E-state index contributed by atoms with van der Waals surface area (Å²) in [5.74, 6) is 0. The second-order valence-corrected chi connectivity index (χ2v) is 4.80. The Hall–Kier alpha value is -1.63. The van der Waals surface area contributed by atoms with Crippen molar-refractivity contribution in [3.63, 3.8) is 0 Å². The van der Waals surface area contributed by atoms with E-state index in [9.17, 15) is 4.79 Å². The molecule has 1 heterocycles. The Bertz CT molecular complexity index is 743. The first kappa shape index (κ1) is 13.8. The molecule has 2 rings (SSSR count). The number of rotatable bonds is 2. The van der Waals surface area contributed by atoms with E-state index in [1.165, 1.54) is 24.6 Å². The lowest BCUT2D eigenvalue weighted by atomic mass is 10.2. The fourth-order valence-corrected chi connectivity index (χ4v) is 2.03. The molecule has 0 radical (unpaired) electrons. The summed E-state index contributed by atoms with van der Waals surface area (Å²) in [5, 5.41) is 4.57. The van der Waals surface area contributed by atoms with Crippen molar-refractivity contribution in [2.24, 2.45) is 10.8 Å². The highest BCUT2D eigenvalue weighted by molar-refractivity contribution is 7.80. The highest BCUT2D eigenvalue weighted by atomic mass is 35.5. The van der Waals surface area contributed by atoms with Crippen LogP contribution in [0.5, 0.6) is 0 Å². The molecule has 2 aromatic rings. The molecule has 5 nitrogen and oxygen atoms in total. The molecule has 19 heavy (non-hydrogen) atoms. The molecule has 1 aromatic carbocycles. The zero-order valence-corrected chi connectivity index (χ0v) is 11.6. The van der Waals surface area contributed by atoms with Crippen molar-refractivity contribution in [3.05, 3.63) is 44.2 Å². The first-order valence-corrected chi connectivity index (χ1v) is 6.14. The van der Waals surface area contributed by atoms with Crippen LogP contribution in [0.25, 0.3) is 11.0 Å². The number of benzene rings is 1. The van der Waals surface area contributed by atoms with Gasteiger partial charge in [-0.25, -0.2) is 0 Å². The molecule has 1 aromatic heterocycles. The van der Waals surface area contributed by atoms with Crippen LogP contribution in [0.2, 0.25) is 10.0 Å². The van der Waals surface area contributed by atoms with Gasteiger partial charge in [0, 0.05) is 5.02 Å². The molecule has 0 saturated heterocycles. The van der Waals surface area contributed by atoms with Gasteiger partial charge < -0.3 is 10.2 Å². The number of hydrogen-bond donors (Lipinski definition) is 2. The molecule has 0 aliphatic heterocycles. The van der Waals surface area contributed by atoms with Crippen LogP contribution < -0.4 is 16.6 Å². The average Bonchev–Trinajstić information content (AvgIpc) is 2.32. The SMILES string of the molecule is NC(=S)N/N=C\c1coc2c(Cl)cc(Cl)cc2c1=O. The zero-order valence-electron chi connectivity index (χ0n) is 9.31. The third kappa shape index (κ3) is 3.04. The molecule has 0 amide bonds. The number of fused-ring (bicyclic) bond motifs is 1.